The van der Waals surface area contributed by atoms with Crippen molar-refractivity contribution < 1.29 is 28.8 Å². The second-order valence-corrected chi connectivity index (χ2v) is 10.6. The molecule has 3 amide bonds. The van der Waals surface area contributed by atoms with Crippen molar-refractivity contribution in [2.75, 3.05) is 30.6 Å². The monoisotopic (exact) mass is 626 g/mol. The van der Waals surface area contributed by atoms with Gasteiger partial charge in [0.1, 0.15) is 17.2 Å². The molecule has 3 N–H and O–H groups in total. The summed E-state index contributed by atoms with van der Waals surface area (Å²) in [4.78, 5) is 50.4. The molecule has 4 aromatic carbocycles. The van der Waals surface area contributed by atoms with E-state index in [-0.39, 0.29) is 23.0 Å². The van der Waals surface area contributed by atoms with Gasteiger partial charge in [0, 0.05) is 39.9 Å². The highest BCUT2D eigenvalue weighted by molar-refractivity contribution is 8.00. The molecule has 12 heteroatoms. The van der Waals surface area contributed by atoms with Crippen LogP contribution in [0.4, 0.5) is 17.1 Å². The molecule has 45 heavy (non-hydrogen) atoms. The predicted molar refractivity (Wildman–Crippen MR) is 174 cm³/mol. The van der Waals surface area contributed by atoms with Crippen LogP contribution in [0.2, 0.25) is 0 Å². The molecular weight excluding hydrogens is 596 g/mol. The molecule has 0 radical (unpaired) electrons. The van der Waals surface area contributed by atoms with Crippen LogP contribution in [-0.2, 0) is 9.59 Å². The number of benzene rings is 4. The van der Waals surface area contributed by atoms with Crippen LogP contribution < -0.4 is 25.4 Å². The van der Waals surface area contributed by atoms with Gasteiger partial charge in [-0.2, -0.15) is 0 Å². The van der Waals surface area contributed by atoms with Crippen LogP contribution in [-0.4, -0.2) is 42.6 Å². The molecule has 0 unspecified atom stereocenters. The zero-order valence-electron chi connectivity index (χ0n) is 24.7. The average Bonchev–Trinajstić information content (AvgIpc) is 3.05. The maximum absolute atomic E-state index is 13.5. The quantitative estimate of drug-likeness (QED) is 0.0744. The summed E-state index contributed by atoms with van der Waals surface area (Å²) in [6, 6.07) is 24.7. The minimum atomic E-state index is -0.585. The Morgan fingerprint density at radius 3 is 2.38 bits per heavy atom. The van der Waals surface area contributed by atoms with E-state index in [1.807, 2.05) is 0 Å². The topological polar surface area (TPSA) is 149 Å². The van der Waals surface area contributed by atoms with Crippen molar-refractivity contribution in [2.45, 2.75) is 11.8 Å². The summed E-state index contributed by atoms with van der Waals surface area (Å²) in [6.07, 6.45) is 1.51. The average molecular weight is 627 g/mol. The number of ether oxygens (including phenoxy) is 2. The van der Waals surface area contributed by atoms with Gasteiger partial charge in [-0.15, -0.1) is 11.8 Å². The van der Waals surface area contributed by atoms with Gasteiger partial charge in [0.05, 0.1) is 30.6 Å². The van der Waals surface area contributed by atoms with Crippen molar-refractivity contribution in [3.63, 3.8) is 0 Å². The first kappa shape index (κ1) is 32.3. The van der Waals surface area contributed by atoms with E-state index in [4.69, 9.17) is 9.47 Å². The van der Waals surface area contributed by atoms with Gasteiger partial charge in [-0.3, -0.25) is 24.5 Å². The maximum Gasteiger partial charge on any atom is 0.272 e. The fourth-order valence-electron chi connectivity index (χ4n) is 4.09. The van der Waals surface area contributed by atoms with Crippen LogP contribution >= 0.6 is 11.8 Å². The number of carbonyl (C=O) groups excluding carboxylic acids is 3. The van der Waals surface area contributed by atoms with Gasteiger partial charge in [-0.1, -0.05) is 30.3 Å². The molecule has 0 heterocycles. The molecule has 11 nitrogen and oxygen atoms in total. The zero-order valence-corrected chi connectivity index (χ0v) is 25.5. The number of nitrogens with one attached hydrogen (secondary N) is 3. The summed E-state index contributed by atoms with van der Waals surface area (Å²) in [5.74, 6) is -0.385. The maximum atomic E-state index is 13.5. The van der Waals surface area contributed by atoms with Crippen molar-refractivity contribution in [3.8, 4) is 11.5 Å². The molecule has 0 aliphatic rings. The summed E-state index contributed by atoms with van der Waals surface area (Å²) >= 11 is 1.22. The van der Waals surface area contributed by atoms with Gasteiger partial charge in [0.2, 0.25) is 5.91 Å². The van der Waals surface area contributed by atoms with Crippen LogP contribution in [0, 0.1) is 17.0 Å². The normalized spacial score (nSPS) is 10.9. The molecule has 0 aromatic heterocycles. The number of carbonyl (C=O) groups is 3. The Morgan fingerprint density at radius 2 is 1.67 bits per heavy atom. The molecule has 0 saturated carbocycles. The fraction of sp³-hybridized carbons (Fsp3) is 0.121. The Morgan fingerprint density at radius 1 is 0.889 bits per heavy atom. The van der Waals surface area contributed by atoms with E-state index in [1.165, 1.54) is 44.2 Å². The summed E-state index contributed by atoms with van der Waals surface area (Å²) in [5.41, 5.74) is 2.24. The number of nitro groups is 1. The molecule has 0 aliphatic carbocycles. The molecule has 0 fully saturated rings. The molecule has 0 atom stereocenters. The molecule has 230 valence electrons. The van der Waals surface area contributed by atoms with Crippen LogP contribution in [0.5, 0.6) is 11.5 Å². The number of thioether (sulfide) groups is 1. The van der Waals surface area contributed by atoms with E-state index in [9.17, 15) is 24.5 Å². The number of methoxy groups -OCH3 is 2. The summed E-state index contributed by atoms with van der Waals surface area (Å²) in [5, 5.41) is 19.3. The Balaban J connectivity index is 1.50. The summed E-state index contributed by atoms with van der Waals surface area (Å²) in [6.45, 7) is 1.74. The minimum absolute atomic E-state index is 0.0229. The molecule has 0 bridgehead atoms. The van der Waals surface area contributed by atoms with Gasteiger partial charge in [-0.05, 0) is 61.0 Å². The molecule has 0 spiro atoms. The molecular formula is C33H30N4O7S. The third kappa shape index (κ3) is 8.94. The van der Waals surface area contributed by atoms with Crippen LogP contribution in [0.25, 0.3) is 6.08 Å². The molecule has 4 aromatic rings. The minimum Gasteiger partial charge on any atom is -0.497 e. The standard InChI is InChI=1S/C33H30N4O7S/c1-21-12-14-25(37(41)42)18-28(21)35-31(38)20-45-27-11-7-10-24(17-27)34-33(40)29(36-32(39)22-8-5-4-6-9-22)16-23-13-15-26(43-2)19-30(23)44-3/h4-19H,20H2,1-3H3,(H,34,40)(H,35,38)(H,36,39)/b29-16+. The molecule has 0 saturated heterocycles. The van der Waals surface area contributed by atoms with E-state index in [0.717, 1.165) is 0 Å². The Hall–Kier alpha value is -5.62. The number of nitrogens with zero attached hydrogens (tertiary/aromatic N) is 1. The largest absolute Gasteiger partial charge is 0.497 e. The van der Waals surface area contributed by atoms with Crippen LogP contribution in [0.1, 0.15) is 21.5 Å². The molecule has 0 aliphatic heterocycles. The fourth-order valence-corrected chi connectivity index (χ4v) is 4.85. The van der Waals surface area contributed by atoms with Gasteiger partial charge in [-0.25, -0.2) is 0 Å². The molecule has 4 rings (SSSR count). The van der Waals surface area contributed by atoms with Gasteiger partial charge >= 0.3 is 0 Å². The predicted octanol–water partition coefficient (Wildman–Crippen LogP) is 6.06. The number of rotatable bonds is 12. The van der Waals surface area contributed by atoms with Crippen molar-refractivity contribution in [2.24, 2.45) is 0 Å². The third-order valence-corrected chi connectivity index (χ3v) is 7.43. The second-order valence-electron chi connectivity index (χ2n) is 9.56. The highest BCUT2D eigenvalue weighted by Crippen LogP contribution is 2.28. The van der Waals surface area contributed by atoms with E-state index in [1.54, 1.807) is 85.8 Å². The number of nitro benzene ring substituents is 1. The van der Waals surface area contributed by atoms with E-state index in [2.05, 4.69) is 16.0 Å². The van der Waals surface area contributed by atoms with Crippen LogP contribution in [0.15, 0.2) is 102 Å². The number of hydrogen-bond donors (Lipinski definition) is 3. The van der Waals surface area contributed by atoms with E-state index in [0.29, 0.717) is 44.5 Å². The number of amides is 3. The van der Waals surface area contributed by atoms with Gasteiger partial charge < -0.3 is 25.4 Å². The first-order chi connectivity index (χ1) is 21.7. The van der Waals surface area contributed by atoms with Gasteiger partial charge in [0.15, 0.2) is 0 Å². The lowest BCUT2D eigenvalue weighted by Gasteiger charge is -2.13. The Bertz CT molecular complexity index is 1760. The van der Waals surface area contributed by atoms with Crippen molar-refractivity contribution in [1.29, 1.82) is 0 Å². The first-order valence-corrected chi connectivity index (χ1v) is 14.5. The van der Waals surface area contributed by atoms with Crippen molar-refractivity contribution in [1.82, 2.24) is 5.32 Å². The number of non-ortho nitro benzene ring substituents is 1. The van der Waals surface area contributed by atoms with Gasteiger partial charge in [0.25, 0.3) is 17.5 Å². The first-order valence-electron chi connectivity index (χ1n) is 13.6. The second kappa shape index (κ2) is 15.2. The summed E-state index contributed by atoms with van der Waals surface area (Å²) in [7, 11) is 3.02. The smallest absolute Gasteiger partial charge is 0.272 e. The lowest BCUT2D eigenvalue weighted by molar-refractivity contribution is -0.384. The highest BCUT2D eigenvalue weighted by atomic mass is 32.2. The number of anilines is 2. The van der Waals surface area contributed by atoms with E-state index >= 15 is 0 Å². The highest BCUT2D eigenvalue weighted by Gasteiger charge is 2.17. The lowest BCUT2D eigenvalue weighted by Crippen LogP contribution is -2.30. The third-order valence-electron chi connectivity index (χ3n) is 6.44. The van der Waals surface area contributed by atoms with Crippen molar-refractivity contribution in [3.05, 3.63) is 123 Å². The Labute approximate surface area is 263 Å². The Kier molecular flexibility index (Phi) is 10.9. The van der Waals surface area contributed by atoms with Crippen LogP contribution in [0.3, 0.4) is 0 Å². The lowest BCUT2D eigenvalue weighted by atomic mass is 10.1. The van der Waals surface area contributed by atoms with E-state index < -0.39 is 16.7 Å². The number of aryl methyl sites for hydroxylation is 1. The summed E-state index contributed by atoms with van der Waals surface area (Å²) < 4.78 is 10.7. The van der Waals surface area contributed by atoms with Crippen molar-refractivity contribution >= 4 is 52.6 Å². The number of hydrogen-bond acceptors (Lipinski definition) is 8. The SMILES string of the molecule is COc1ccc(/C=C(/NC(=O)c2ccccc2)C(=O)Nc2cccc(SCC(=O)Nc3cc([N+](=O)[O-])ccc3C)c2)c(OC)c1. The zero-order chi connectivity index (χ0) is 32.3.